The highest BCUT2D eigenvalue weighted by Crippen LogP contribution is 2.27. The molecule has 1 heterocycles. The van der Waals surface area contributed by atoms with Crippen molar-refractivity contribution in [2.45, 2.75) is 58.9 Å². The van der Waals surface area contributed by atoms with Crippen molar-refractivity contribution in [1.29, 1.82) is 0 Å². The van der Waals surface area contributed by atoms with E-state index in [4.69, 9.17) is 0 Å². The fourth-order valence-corrected chi connectivity index (χ4v) is 2.56. The lowest BCUT2D eigenvalue weighted by Crippen LogP contribution is -2.10. The molecule has 1 atom stereocenters. The highest BCUT2D eigenvalue weighted by Gasteiger charge is 2.14. The molecule has 0 aromatic carbocycles. The molecule has 0 saturated heterocycles. The summed E-state index contributed by atoms with van der Waals surface area (Å²) in [7, 11) is 0. The van der Waals surface area contributed by atoms with Crippen molar-refractivity contribution >= 4 is 12.6 Å². The van der Waals surface area contributed by atoms with Crippen LogP contribution in [0.15, 0.2) is 12.1 Å². The Bertz CT molecular complexity index is 304. The molecular weight excluding hydrogens is 214 g/mol. The SMILES string of the molecule is CCCCC(CC)c1ccc(C)n1CCS. The smallest absolute Gasteiger partial charge is 0.0313 e. The molecule has 1 aromatic rings. The van der Waals surface area contributed by atoms with E-state index in [-0.39, 0.29) is 0 Å². The number of aromatic nitrogens is 1. The first-order valence-corrected chi connectivity index (χ1v) is 7.14. The Morgan fingerprint density at radius 2 is 2.06 bits per heavy atom. The van der Waals surface area contributed by atoms with Crippen molar-refractivity contribution in [2.24, 2.45) is 0 Å². The zero-order chi connectivity index (χ0) is 12.0. The van der Waals surface area contributed by atoms with Crippen molar-refractivity contribution in [3.63, 3.8) is 0 Å². The Labute approximate surface area is 106 Å². The van der Waals surface area contributed by atoms with Gasteiger partial charge in [0.15, 0.2) is 0 Å². The molecule has 1 rings (SSSR count). The van der Waals surface area contributed by atoms with Crippen LogP contribution in [0.5, 0.6) is 0 Å². The number of hydrogen-bond acceptors (Lipinski definition) is 1. The number of hydrogen-bond donors (Lipinski definition) is 1. The first-order chi connectivity index (χ1) is 7.74. The number of unbranched alkanes of at least 4 members (excludes halogenated alkanes) is 1. The van der Waals surface area contributed by atoms with Gasteiger partial charge in [-0.25, -0.2) is 0 Å². The molecule has 0 aliphatic rings. The molecule has 0 N–H and O–H groups in total. The molecule has 1 aromatic heterocycles. The lowest BCUT2D eigenvalue weighted by Gasteiger charge is -2.18. The van der Waals surface area contributed by atoms with Crippen molar-refractivity contribution in [3.05, 3.63) is 23.5 Å². The molecule has 0 amide bonds. The first-order valence-electron chi connectivity index (χ1n) is 6.51. The van der Waals surface area contributed by atoms with Gasteiger partial charge in [0.05, 0.1) is 0 Å². The summed E-state index contributed by atoms with van der Waals surface area (Å²) >= 11 is 4.35. The van der Waals surface area contributed by atoms with Crippen LogP contribution in [0.4, 0.5) is 0 Å². The molecule has 0 aliphatic carbocycles. The maximum atomic E-state index is 4.35. The first kappa shape index (κ1) is 13.7. The highest BCUT2D eigenvalue weighted by atomic mass is 32.1. The van der Waals surface area contributed by atoms with Crippen LogP contribution in [0.25, 0.3) is 0 Å². The molecule has 0 bridgehead atoms. The summed E-state index contributed by atoms with van der Waals surface area (Å²) in [5.74, 6) is 1.65. The van der Waals surface area contributed by atoms with Gasteiger partial charge in [-0.1, -0.05) is 26.7 Å². The summed E-state index contributed by atoms with van der Waals surface area (Å²) < 4.78 is 2.44. The van der Waals surface area contributed by atoms with Gasteiger partial charge < -0.3 is 4.57 Å². The van der Waals surface area contributed by atoms with Gasteiger partial charge in [0.25, 0.3) is 0 Å². The van der Waals surface area contributed by atoms with Crippen LogP contribution < -0.4 is 0 Å². The summed E-state index contributed by atoms with van der Waals surface area (Å²) in [6, 6.07) is 4.55. The highest BCUT2D eigenvalue weighted by molar-refractivity contribution is 7.80. The second-order valence-electron chi connectivity index (χ2n) is 4.52. The summed E-state index contributed by atoms with van der Waals surface area (Å²) in [5, 5.41) is 0. The Kier molecular flexibility index (Phi) is 6.04. The van der Waals surface area contributed by atoms with E-state index < -0.39 is 0 Å². The molecule has 1 nitrogen and oxygen atoms in total. The molecule has 0 spiro atoms. The van der Waals surface area contributed by atoms with Crippen LogP contribution in [0, 0.1) is 6.92 Å². The molecule has 0 saturated carbocycles. The predicted octanol–water partition coefficient (Wildman–Crippen LogP) is 4.41. The molecule has 0 radical (unpaired) electrons. The largest absolute Gasteiger partial charge is 0.348 e. The zero-order valence-electron chi connectivity index (χ0n) is 10.9. The Morgan fingerprint density at radius 3 is 2.62 bits per heavy atom. The molecular formula is C14H25NS. The van der Waals surface area contributed by atoms with E-state index in [1.807, 2.05) is 0 Å². The van der Waals surface area contributed by atoms with E-state index in [2.05, 4.69) is 50.1 Å². The van der Waals surface area contributed by atoms with Crippen LogP contribution in [0.2, 0.25) is 0 Å². The molecule has 2 heteroatoms. The molecule has 1 unspecified atom stereocenters. The van der Waals surface area contributed by atoms with E-state index in [1.54, 1.807) is 0 Å². The molecule has 0 aliphatic heterocycles. The van der Waals surface area contributed by atoms with Gasteiger partial charge in [0.1, 0.15) is 0 Å². The lowest BCUT2D eigenvalue weighted by molar-refractivity contribution is 0.528. The zero-order valence-corrected chi connectivity index (χ0v) is 11.8. The van der Waals surface area contributed by atoms with Crippen LogP contribution in [0.1, 0.15) is 56.8 Å². The van der Waals surface area contributed by atoms with Crippen LogP contribution >= 0.6 is 12.6 Å². The van der Waals surface area contributed by atoms with Gasteiger partial charge >= 0.3 is 0 Å². The van der Waals surface area contributed by atoms with Crippen LogP contribution in [0.3, 0.4) is 0 Å². The molecule has 92 valence electrons. The maximum absolute atomic E-state index is 4.35. The summed E-state index contributed by atoms with van der Waals surface area (Å²) in [4.78, 5) is 0. The van der Waals surface area contributed by atoms with E-state index in [1.165, 1.54) is 37.1 Å². The fraction of sp³-hybridized carbons (Fsp3) is 0.714. The van der Waals surface area contributed by atoms with Gasteiger partial charge in [-0.2, -0.15) is 12.6 Å². The number of nitrogens with zero attached hydrogens (tertiary/aromatic N) is 1. The topological polar surface area (TPSA) is 4.93 Å². The summed E-state index contributed by atoms with van der Waals surface area (Å²) in [6.07, 6.45) is 5.20. The van der Waals surface area contributed by atoms with E-state index in [9.17, 15) is 0 Å². The Hall–Kier alpha value is -0.370. The Morgan fingerprint density at radius 1 is 1.31 bits per heavy atom. The van der Waals surface area contributed by atoms with Gasteiger partial charge in [0, 0.05) is 23.7 Å². The molecule has 16 heavy (non-hydrogen) atoms. The third-order valence-corrected chi connectivity index (χ3v) is 3.57. The van der Waals surface area contributed by atoms with Crippen LogP contribution in [-0.4, -0.2) is 10.3 Å². The second kappa shape index (κ2) is 7.05. The van der Waals surface area contributed by atoms with Gasteiger partial charge in [-0.15, -0.1) is 0 Å². The number of thiol groups is 1. The number of aryl methyl sites for hydroxylation is 1. The van der Waals surface area contributed by atoms with Crippen molar-refractivity contribution in [1.82, 2.24) is 4.57 Å². The van der Waals surface area contributed by atoms with Gasteiger partial charge in [0.2, 0.25) is 0 Å². The van der Waals surface area contributed by atoms with Crippen molar-refractivity contribution < 1.29 is 0 Å². The third kappa shape index (κ3) is 3.31. The predicted molar refractivity (Wildman–Crippen MR) is 75.6 cm³/mol. The lowest BCUT2D eigenvalue weighted by atomic mass is 9.96. The van der Waals surface area contributed by atoms with E-state index in [0.29, 0.717) is 0 Å². The van der Waals surface area contributed by atoms with Gasteiger partial charge in [-0.3, -0.25) is 0 Å². The average Bonchev–Trinajstić information content (AvgIpc) is 2.63. The normalized spacial score (nSPS) is 13.0. The Balaban J connectivity index is 2.82. The minimum Gasteiger partial charge on any atom is -0.348 e. The summed E-state index contributed by atoms with van der Waals surface area (Å²) in [6.45, 7) is 7.80. The van der Waals surface area contributed by atoms with Crippen molar-refractivity contribution in [2.75, 3.05) is 5.75 Å². The van der Waals surface area contributed by atoms with Gasteiger partial charge in [-0.05, 0) is 37.8 Å². The number of rotatable bonds is 7. The fourth-order valence-electron chi connectivity index (χ4n) is 2.36. The minimum atomic E-state index is 0.730. The van der Waals surface area contributed by atoms with Crippen LogP contribution in [-0.2, 0) is 6.54 Å². The quantitative estimate of drug-likeness (QED) is 0.673. The van der Waals surface area contributed by atoms with Crippen molar-refractivity contribution in [3.8, 4) is 0 Å². The standard InChI is InChI=1S/C14H25NS/c1-4-6-7-13(5-2)14-9-8-12(3)15(14)10-11-16/h8-9,13,16H,4-7,10-11H2,1-3H3. The van der Waals surface area contributed by atoms with E-state index >= 15 is 0 Å². The maximum Gasteiger partial charge on any atom is 0.0313 e. The minimum absolute atomic E-state index is 0.730. The third-order valence-electron chi connectivity index (χ3n) is 3.37. The summed E-state index contributed by atoms with van der Waals surface area (Å²) in [5.41, 5.74) is 2.89. The average molecular weight is 239 g/mol. The monoisotopic (exact) mass is 239 g/mol. The second-order valence-corrected chi connectivity index (χ2v) is 4.97. The van der Waals surface area contributed by atoms with E-state index in [0.717, 1.165) is 18.2 Å². The molecule has 0 fully saturated rings.